The second-order valence-corrected chi connectivity index (χ2v) is 4.69. The van der Waals surface area contributed by atoms with Crippen LogP contribution in [0.1, 0.15) is 19.4 Å². The molecule has 0 aliphatic carbocycles. The first-order valence-electron chi connectivity index (χ1n) is 7.14. The van der Waals surface area contributed by atoms with Crippen molar-refractivity contribution in [2.45, 2.75) is 32.7 Å². The van der Waals surface area contributed by atoms with Crippen molar-refractivity contribution in [1.29, 1.82) is 0 Å². The second kappa shape index (κ2) is 7.39. The topological polar surface area (TPSA) is 38.7 Å². The van der Waals surface area contributed by atoms with E-state index in [9.17, 15) is 5.11 Å². The van der Waals surface area contributed by atoms with E-state index < -0.39 is 12.4 Å². The number of hydrogen-bond donors (Lipinski definition) is 1. The number of rotatable bonds is 7. The van der Waals surface area contributed by atoms with Crippen LogP contribution in [0.3, 0.4) is 0 Å². The molecule has 0 amide bonds. The molecule has 2 rings (SSSR count). The fourth-order valence-electron chi connectivity index (χ4n) is 2.39. The summed E-state index contributed by atoms with van der Waals surface area (Å²) >= 11 is 0. The van der Waals surface area contributed by atoms with E-state index in [0.29, 0.717) is 19.6 Å². The molecule has 0 aliphatic rings. The van der Waals surface area contributed by atoms with E-state index in [1.165, 1.54) is 10.8 Å². The van der Waals surface area contributed by atoms with Gasteiger partial charge in [-0.05, 0) is 30.2 Å². The highest BCUT2D eigenvalue weighted by Gasteiger charge is 2.20. The SMILES string of the molecule is CCOC(OCC)C(O)Cc1cccc2ccccc12. The lowest BCUT2D eigenvalue weighted by atomic mass is 10.00. The summed E-state index contributed by atoms with van der Waals surface area (Å²) in [7, 11) is 0. The number of aliphatic hydroxyl groups excluding tert-OH is 1. The van der Waals surface area contributed by atoms with Gasteiger partial charge in [0.25, 0.3) is 0 Å². The Bertz CT molecular complexity index is 527. The molecule has 2 aromatic carbocycles. The van der Waals surface area contributed by atoms with E-state index in [4.69, 9.17) is 9.47 Å². The first-order chi connectivity index (χ1) is 9.76. The summed E-state index contributed by atoms with van der Waals surface area (Å²) in [6.45, 7) is 4.85. The average Bonchev–Trinajstić information content (AvgIpc) is 2.47. The molecule has 3 nitrogen and oxygen atoms in total. The third-order valence-electron chi connectivity index (χ3n) is 3.29. The normalized spacial score (nSPS) is 13.0. The molecule has 3 heteroatoms. The molecule has 0 heterocycles. The average molecular weight is 274 g/mol. The largest absolute Gasteiger partial charge is 0.387 e. The van der Waals surface area contributed by atoms with Crippen LogP contribution in [0.5, 0.6) is 0 Å². The van der Waals surface area contributed by atoms with Crippen LogP contribution in [0, 0.1) is 0 Å². The molecule has 0 saturated carbocycles. The lowest BCUT2D eigenvalue weighted by Crippen LogP contribution is -2.33. The highest BCUT2D eigenvalue weighted by molar-refractivity contribution is 5.85. The highest BCUT2D eigenvalue weighted by atomic mass is 16.7. The standard InChI is InChI=1S/C17H22O3/c1-3-19-17(20-4-2)16(18)12-14-10-7-9-13-8-5-6-11-15(13)14/h5-11,16-18H,3-4,12H2,1-2H3. The Morgan fingerprint density at radius 1 is 0.950 bits per heavy atom. The molecule has 1 unspecified atom stereocenters. The zero-order valence-corrected chi connectivity index (χ0v) is 12.1. The Morgan fingerprint density at radius 3 is 2.30 bits per heavy atom. The van der Waals surface area contributed by atoms with Crippen molar-refractivity contribution in [3.63, 3.8) is 0 Å². The molecule has 20 heavy (non-hydrogen) atoms. The molecule has 0 aliphatic heterocycles. The fraction of sp³-hybridized carbons (Fsp3) is 0.412. The van der Waals surface area contributed by atoms with Gasteiger partial charge in [-0.3, -0.25) is 0 Å². The van der Waals surface area contributed by atoms with Gasteiger partial charge in [0.2, 0.25) is 0 Å². The minimum absolute atomic E-state index is 0.520. The molecule has 0 saturated heterocycles. The molecule has 0 aromatic heterocycles. The van der Waals surface area contributed by atoms with Gasteiger partial charge in [0.1, 0.15) is 6.10 Å². The van der Waals surface area contributed by atoms with E-state index in [0.717, 1.165) is 5.56 Å². The Balaban J connectivity index is 2.18. The Kier molecular flexibility index (Phi) is 5.53. The van der Waals surface area contributed by atoms with Crippen molar-refractivity contribution < 1.29 is 14.6 Å². The predicted molar refractivity (Wildman–Crippen MR) is 80.7 cm³/mol. The van der Waals surface area contributed by atoms with Gasteiger partial charge in [0.05, 0.1) is 0 Å². The monoisotopic (exact) mass is 274 g/mol. The third kappa shape index (κ3) is 3.57. The van der Waals surface area contributed by atoms with Crippen molar-refractivity contribution >= 4 is 10.8 Å². The van der Waals surface area contributed by atoms with Gasteiger partial charge in [0.15, 0.2) is 6.29 Å². The van der Waals surface area contributed by atoms with Crippen molar-refractivity contribution in [3.05, 3.63) is 48.0 Å². The van der Waals surface area contributed by atoms with Crippen LogP contribution >= 0.6 is 0 Å². The molecule has 2 aromatic rings. The van der Waals surface area contributed by atoms with Gasteiger partial charge in [0, 0.05) is 19.6 Å². The summed E-state index contributed by atoms with van der Waals surface area (Å²) in [6.07, 6.45) is -0.712. The van der Waals surface area contributed by atoms with E-state index in [1.807, 2.05) is 38.1 Å². The maximum Gasteiger partial charge on any atom is 0.183 e. The van der Waals surface area contributed by atoms with Crippen LogP contribution in [0.2, 0.25) is 0 Å². The molecular weight excluding hydrogens is 252 g/mol. The summed E-state index contributed by atoms with van der Waals surface area (Å²) < 4.78 is 10.9. The van der Waals surface area contributed by atoms with Crippen molar-refractivity contribution in [2.24, 2.45) is 0 Å². The molecule has 1 atom stereocenters. The Hall–Kier alpha value is -1.42. The molecule has 0 radical (unpaired) electrons. The molecule has 0 bridgehead atoms. The van der Waals surface area contributed by atoms with Gasteiger partial charge >= 0.3 is 0 Å². The van der Waals surface area contributed by atoms with Gasteiger partial charge in [-0.25, -0.2) is 0 Å². The lowest BCUT2D eigenvalue weighted by Gasteiger charge is -2.23. The first kappa shape index (κ1) is 15.0. The quantitative estimate of drug-likeness (QED) is 0.788. The van der Waals surface area contributed by atoms with E-state index in [-0.39, 0.29) is 0 Å². The van der Waals surface area contributed by atoms with Gasteiger partial charge in [-0.1, -0.05) is 42.5 Å². The summed E-state index contributed by atoms with van der Waals surface area (Å²) in [5.74, 6) is 0. The van der Waals surface area contributed by atoms with Crippen LogP contribution < -0.4 is 0 Å². The van der Waals surface area contributed by atoms with E-state index in [1.54, 1.807) is 0 Å². The summed E-state index contributed by atoms with van der Waals surface area (Å²) in [5.41, 5.74) is 1.11. The van der Waals surface area contributed by atoms with Crippen LogP contribution in [0.4, 0.5) is 0 Å². The van der Waals surface area contributed by atoms with Crippen LogP contribution in [-0.2, 0) is 15.9 Å². The highest BCUT2D eigenvalue weighted by Crippen LogP contribution is 2.21. The molecule has 0 spiro atoms. The van der Waals surface area contributed by atoms with Crippen molar-refractivity contribution in [3.8, 4) is 0 Å². The van der Waals surface area contributed by atoms with Gasteiger partial charge in [-0.2, -0.15) is 0 Å². The minimum atomic E-state index is -0.666. The minimum Gasteiger partial charge on any atom is -0.387 e. The van der Waals surface area contributed by atoms with Crippen LogP contribution in [0.15, 0.2) is 42.5 Å². The Morgan fingerprint density at radius 2 is 1.60 bits per heavy atom. The predicted octanol–water partition coefficient (Wildman–Crippen LogP) is 3.14. The molecule has 108 valence electrons. The van der Waals surface area contributed by atoms with Crippen molar-refractivity contribution in [2.75, 3.05) is 13.2 Å². The van der Waals surface area contributed by atoms with Crippen molar-refractivity contribution in [1.82, 2.24) is 0 Å². The second-order valence-electron chi connectivity index (χ2n) is 4.69. The molecule has 1 N–H and O–H groups in total. The number of ether oxygens (including phenoxy) is 2. The number of benzene rings is 2. The van der Waals surface area contributed by atoms with E-state index in [2.05, 4.69) is 18.2 Å². The fourth-order valence-corrected chi connectivity index (χ4v) is 2.39. The van der Waals surface area contributed by atoms with Crippen LogP contribution in [0.25, 0.3) is 10.8 Å². The zero-order valence-electron chi connectivity index (χ0n) is 12.1. The zero-order chi connectivity index (χ0) is 14.4. The number of fused-ring (bicyclic) bond motifs is 1. The summed E-state index contributed by atoms with van der Waals surface area (Å²) in [5, 5.41) is 12.7. The molecule has 0 fully saturated rings. The van der Waals surface area contributed by atoms with E-state index >= 15 is 0 Å². The number of aliphatic hydroxyl groups is 1. The van der Waals surface area contributed by atoms with Gasteiger partial charge < -0.3 is 14.6 Å². The Labute approximate surface area is 120 Å². The smallest absolute Gasteiger partial charge is 0.183 e. The molecular formula is C17H22O3. The van der Waals surface area contributed by atoms with Gasteiger partial charge in [-0.15, -0.1) is 0 Å². The third-order valence-corrected chi connectivity index (χ3v) is 3.29. The first-order valence-corrected chi connectivity index (χ1v) is 7.14. The maximum absolute atomic E-state index is 10.3. The summed E-state index contributed by atoms with van der Waals surface area (Å²) in [4.78, 5) is 0. The maximum atomic E-state index is 10.3. The summed E-state index contributed by atoms with van der Waals surface area (Å²) in [6, 6.07) is 14.3. The number of hydrogen-bond acceptors (Lipinski definition) is 3. The lowest BCUT2D eigenvalue weighted by molar-refractivity contribution is -0.188. The van der Waals surface area contributed by atoms with Crippen LogP contribution in [-0.4, -0.2) is 30.7 Å².